The number of furan rings is 1. The maximum absolute atomic E-state index is 13.0. The van der Waals surface area contributed by atoms with Crippen molar-refractivity contribution >= 4 is 29.1 Å². The summed E-state index contributed by atoms with van der Waals surface area (Å²) in [5, 5.41) is 4.95. The third-order valence-electron chi connectivity index (χ3n) is 5.99. The van der Waals surface area contributed by atoms with Gasteiger partial charge in [0.15, 0.2) is 5.76 Å². The van der Waals surface area contributed by atoms with Crippen LogP contribution in [0.2, 0.25) is 5.02 Å². The number of carbonyl (C=O) groups excluding carboxylic acids is 2. The Kier molecular flexibility index (Phi) is 5.95. The van der Waals surface area contributed by atoms with E-state index in [1.165, 1.54) is 0 Å². The molecule has 1 aromatic carbocycles. The highest BCUT2D eigenvalue weighted by molar-refractivity contribution is 6.30. The van der Waals surface area contributed by atoms with Crippen molar-refractivity contribution in [3.05, 3.63) is 57.5 Å². The van der Waals surface area contributed by atoms with E-state index < -0.39 is 0 Å². The van der Waals surface area contributed by atoms with Gasteiger partial charge >= 0.3 is 0 Å². The average Bonchev–Trinajstić information content (AvgIpc) is 3.09. The number of aryl methyl sites for hydroxylation is 1. The summed E-state index contributed by atoms with van der Waals surface area (Å²) in [6, 6.07) is 6.65. The van der Waals surface area contributed by atoms with Crippen molar-refractivity contribution in [3.8, 4) is 0 Å². The van der Waals surface area contributed by atoms with Crippen LogP contribution in [0.15, 0.2) is 33.8 Å². The number of nitrogens with zero attached hydrogens (tertiary/aromatic N) is 2. The molecular weight excluding hydrogens is 402 g/mol. The van der Waals surface area contributed by atoms with Crippen molar-refractivity contribution in [1.29, 1.82) is 0 Å². The molecule has 1 aliphatic carbocycles. The number of fused-ring (bicyclic) bond motifs is 1. The minimum Gasteiger partial charge on any atom is -0.455 e. The Morgan fingerprint density at radius 1 is 1.17 bits per heavy atom. The number of likely N-dealkylation sites (tertiary alicyclic amines) is 1. The summed E-state index contributed by atoms with van der Waals surface area (Å²) in [5.74, 6) is 1.51. The molecule has 1 saturated heterocycles. The molecule has 2 aliphatic rings. The molecular formula is C23H26ClN3O3. The van der Waals surface area contributed by atoms with Gasteiger partial charge < -0.3 is 9.32 Å². The van der Waals surface area contributed by atoms with Gasteiger partial charge in [0, 0.05) is 41.2 Å². The van der Waals surface area contributed by atoms with Crippen LogP contribution in [0.25, 0.3) is 0 Å². The highest BCUT2D eigenvalue weighted by Gasteiger charge is 2.31. The normalized spacial score (nSPS) is 18.4. The fourth-order valence-corrected chi connectivity index (χ4v) is 4.25. The molecule has 0 atom stereocenters. The molecule has 0 radical (unpaired) electrons. The Morgan fingerprint density at radius 3 is 2.57 bits per heavy atom. The van der Waals surface area contributed by atoms with Crippen LogP contribution >= 0.6 is 11.6 Å². The molecule has 1 aliphatic heterocycles. The summed E-state index contributed by atoms with van der Waals surface area (Å²) in [7, 11) is 0. The van der Waals surface area contributed by atoms with E-state index in [4.69, 9.17) is 16.0 Å². The fourth-order valence-electron chi connectivity index (χ4n) is 4.12. The van der Waals surface area contributed by atoms with E-state index in [-0.39, 0.29) is 11.8 Å². The Balaban J connectivity index is 1.55. The zero-order valence-electron chi connectivity index (χ0n) is 17.3. The lowest BCUT2D eigenvalue weighted by Gasteiger charge is -2.29. The van der Waals surface area contributed by atoms with Crippen molar-refractivity contribution in [1.82, 2.24) is 10.3 Å². The summed E-state index contributed by atoms with van der Waals surface area (Å²) >= 11 is 5.88. The minimum absolute atomic E-state index is 0.0432. The highest BCUT2D eigenvalue weighted by atomic mass is 35.5. The molecule has 4 rings (SSSR count). The second-order valence-electron chi connectivity index (χ2n) is 8.19. The van der Waals surface area contributed by atoms with Crippen LogP contribution in [0.4, 0.5) is 0 Å². The summed E-state index contributed by atoms with van der Waals surface area (Å²) in [5.41, 5.74) is 5.55. The summed E-state index contributed by atoms with van der Waals surface area (Å²) in [6.45, 7) is 5.66. The lowest BCUT2D eigenvalue weighted by Crippen LogP contribution is -2.38. The van der Waals surface area contributed by atoms with Gasteiger partial charge in [0.1, 0.15) is 5.76 Å². The second kappa shape index (κ2) is 8.64. The number of hydrazone groups is 1. The Bertz CT molecular complexity index is 986. The molecule has 2 amide bonds. The third-order valence-corrected chi connectivity index (χ3v) is 6.24. The van der Waals surface area contributed by atoms with Crippen molar-refractivity contribution in [2.45, 2.75) is 46.0 Å². The van der Waals surface area contributed by atoms with E-state index in [0.717, 1.165) is 67.8 Å². The maximum atomic E-state index is 13.0. The Hall–Kier alpha value is -2.60. The number of nitrogens with one attached hydrogen (secondary N) is 1. The number of halogens is 1. The zero-order chi connectivity index (χ0) is 21.3. The SMILES string of the molecule is Cc1c(C(=O)N2CCC(C)CC2)oc2c1/C(=N/NC(=O)c1ccc(Cl)cc1)CCC2. The highest BCUT2D eigenvalue weighted by Crippen LogP contribution is 2.31. The van der Waals surface area contributed by atoms with Gasteiger partial charge in [0.05, 0.1) is 5.71 Å². The van der Waals surface area contributed by atoms with Crippen molar-refractivity contribution < 1.29 is 14.0 Å². The number of benzene rings is 1. The van der Waals surface area contributed by atoms with Gasteiger partial charge in [-0.05, 0) is 62.8 Å². The largest absolute Gasteiger partial charge is 0.455 e. The van der Waals surface area contributed by atoms with E-state index in [1.807, 2.05) is 11.8 Å². The van der Waals surface area contributed by atoms with E-state index >= 15 is 0 Å². The van der Waals surface area contributed by atoms with Crippen LogP contribution in [0.3, 0.4) is 0 Å². The Morgan fingerprint density at radius 2 is 1.87 bits per heavy atom. The van der Waals surface area contributed by atoms with Gasteiger partial charge in [0.25, 0.3) is 11.8 Å². The lowest BCUT2D eigenvalue weighted by atomic mass is 9.93. The van der Waals surface area contributed by atoms with Crippen LogP contribution in [0.5, 0.6) is 0 Å². The topological polar surface area (TPSA) is 74.9 Å². The van der Waals surface area contributed by atoms with E-state index in [2.05, 4.69) is 17.5 Å². The molecule has 0 bridgehead atoms. The quantitative estimate of drug-likeness (QED) is 0.728. The van der Waals surface area contributed by atoms with Crippen molar-refractivity contribution in [2.75, 3.05) is 13.1 Å². The van der Waals surface area contributed by atoms with Gasteiger partial charge in [-0.15, -0.1) is 0 Å². The summed E-state index contributed by atoms with van der Waals surface area (Å²) in [6.07, 6.45) is 4.40. The summed E-state index contributed by atoms with van der Waals surface area (Å²) < 4.78 is 6.01. The standard InChI is InChI=1S/C23H26ClN3O3/c1-14-10-12-27(13-11-14)23(29)21-15(2)20-18(4-3-5-19(20)30-21)25-26-22(28)16-6-8-17(24)9-7-16/h6-9,14H,3-5,10-13H2,1-2H3,(H,26,28)/b25-18+. The molecule has 0 spiro atoms. The third kappa shape index (κ3) is 4.15. The van der Waals surface area contributed by atoms with Crippen LogP contribution in [-0.2, 0) is 6.42 Å². The minimum atomic E-state index is -0.300. The number of amides is 2. The van der Waals surface area contributed by atoms with Gasteiger partial charge in [-0.3, -0.25) is 9.59 Å². The predicted octanol–water partition coefficient (Wildman–Crippen LogP) is 4.58. The molecule has 1 fully saturated rings. The monoisotopic (exact) mass is 427 g/mol. The van der Waals surface area contributed by atoms with Gasteiger partial charge in [-0.25, -0.2) is 5.43 Å². The smallest absolute Gasteiger partial charge is 0.289 e. The first-order chi connectivity index (χ1) is 14.4. The van der Waals surface area contributed by atoms with E-state index in [9.17, 15) is 9.59 Å². The van der Waals surface area contributed by atoms with Gasteiger partial charge in [-0.2, -0.15) is 5.10 Å². The number of rotatable bonds is 3. The molecule has 7 heteroatoms. The number of piperidine rings is 1. The van der Waals surface area contributed by atoms with E-state index in [0.29, 0.717) is 22.3 Å². The molecule has 1 N–H and O–H groups in total. The zero-order valence-corrected chi connectivity index (χ0v) is 18.1. The van der Waals surface area contributed by atoms with Crippen LogP contribution < -0.4 is 5.43 Å². The first-order valence-electron chi connectivity index (χ1n) is 10.5. The summed E-state index contributed by atoms with van der Waals surface area (Å²) in [4.78, 5) is 27.3. The maximum Gasteiger partial charge on any atom is 0.289 e. The van der Waals surface area contributed by atoms with Crippen molar-refractivity contribution in [3.63, 3.8) is 0 Å². The number of hydrogen-bond acceptors (Lipinski definition) is 4. The molecule has 30 heavy (non-hydrogen) atoms. The van der Waals surface area contributed by atoms with Crippen LogP contribution in [0, 0.1) is 12.8 Å². The molecule has 158 valence electrons. The first kappa shape index (κ1) is 20.7. The second-order valence-corrected chi connectivity index (χ2v) is 8.63. The molecule has 6 nitrogen and oxygen atoms in total. The number of hydrogen-bond donors (Lipinski definition) is 1. The van der Waals surface area contributed by atoms with Crippen LogP contribution in [-0.4, -0.2) is 35.5 Å². The van der Waals surface area contributed by atoms with E-state index in [1.54, 1.807) is 24.3 Å². The predicted molar refractivity (Wildman–Crippen MR) is 116 cm³/mol. The van der Waals surface area contributed by atoms with Crippen LogP contribution in [0.1, 0.15) is 70.4 Å². The Labute approximate surface area is 181 Å². The fraction of sp³-hybridized carbons (Fsp3) is 0.435. The molecule has 1 aromatic heterocycles. The van der Waals surface area contributed by atoms with Gasteiger partial charge in [-0.1, -0.05) is 18.5 Å². The number of carbonyl (C=O) groups is 2. The van der Waals surface area contributed by atoms with Crippen molar-refractivity contribution in [2.24, 2.45) is 11.0 Å². The lowest BCUT2D eigenvalue weighted by molar-refractivity contribution is 0.0662. The average molecular weight is 428 g/mol. The molecule has 0 saturated carbocycles. The first-order valence-corrected chi connectivity index (χ1v) is 10.9. The molecule has 2 aromatic rings. The molecule has 0 unspecified atom stereocenters. The molecule has 2 heterocycles. The van der Waals surface area contributed by atoms with Gasteiger partial charge in [0.2, 0.25) is 0 Å².